The molecule has 0 unspecified atom stereocenters. The molecule has 0 spiro atoms. The minimum atomic E-state index is -0.344. The number of rotatable bonds is 8. The number of hydrogen-bond donors (Lipinski definition) is 1. The molecule has 0 saturated carbocycles. The molecule has 4 aromatic rings. The Hall–Kier alpha value is -3.22. The summed E-state index contributed by atoms with van der Waals surface area (Å²) in [5.41, 5.74) is 5.28. The van der Waals surface area contributed by atoms with Crippen molar-refractivity contribution in [3.8, 4) is 5.75 Å². The van der Waals surface area contributed by atoms with Crippen LogP contribution in [0.2, 0.25) is 10.0 Å². The van der Waals surface area contributed by atoms with E-state index in [1.165, 1.54) is 0 Å². The molecule has 1 amide bonds. The molecule has 0 radical (unpaired) electrons. The maximum atomic E-state index is 12.9. The van der Waals surface area contributed by atoms with E-state index in [0.29, 0.717) is 28.0 Å². The van der Waals surface area contributed by atoms with Gasteiger partial charge in [0.15, 0.2) is 5.76 Å². The highest BCUT2D eigenvalue weighted by atomic mass is 35.5. The molecule has 0 saturated heterocycles. The van der Waals surface area contributed by atoms with Gasteiger partial charge in [0.25, 0.3) is 5.91 Å². The Labute approximate surface area is 221 Å². The molecule has 2 heterocycles. The van der Waals surface area contributed by atoms with Crippen molar-refractivity contribution >= 4 is 34.8 Å². The van der Waals surface area contributed by atoms with Gasteiger partial charge in [-0.05, 0) is 79.8 Å². The zero-order chi connectivity index (χ0) is 26.0. The average Bonchev–Trinajstić information content (AvgIpc) is 3.41. The van der Waals surface area contributed by atoms with Gasteiger partial charge in [-0.2, -0.15) is 5.10 Å². The second kappa shape index (κ2) is 10.8. The SMILES string of the molecule is Cc1cc(OCc2ccc(C(=O)Nc3c(C)nn(Cc4ccc(Cl)cc4)c3C)o2)c(C(C)C)cc1Cl. The minimum Gasteiger partial charge on any atom is -0.485 e. The monoisotopic (exact) mass is 525 g/mol. The van der Waals surface area contributed by atoms with Crippen LogP contribution in [0.4, 0.5) is 5.69 Å². The van der Waals surface area contributed by atoms with Crippen LogP contribution in [0, 0.1) is 20.8 Å². The van der Waals surface area contributed by atoms with Crippen LogP contribution in [0.15, 0.2) is 52.9 Å². The van der Waals surface area contributed by atoms with Crippen LogP contribution in [0.3, 0.4) is 0 Å². The predicted molar refractivity (Wildman–Crippen MR) is 144 cm³/mol. The van der Waals surface area contributed by atoms with Crippen molar-refractivity contribution in [1.82, 2.24) is 9.78 Å². The van der Waals surface area contributed by atoms with Gasteiger partial charge in [-0.1, -0.05) is 49.2 Å². The van der Waals surface area contributed by atoms with Gasteiger partial charge in [-0.15, -0.1) is 0 Å². The quantitative estimate of drug-likeness (QED) is 0.255. The molecule has 8 heteroatoms. The summed E-state index contributed by atoms with van der Waals surface area (Å²) >= 11 is 12.3. The first kappa shape index (κ1) is 25.9. The van der Waals surface area contributed by atoms with Crippen molar-refractivity contribution in [1.29, 1.82) is 0 Å². The number of aromatic nitrogens is 2. The van der Waals surface area contributed by atoms with Crippen molar-refractivity contribution in [3.05, 3.63) is 98.2 Å². The van der Waals surface area contributed by atoms with Crippen LogP contribution < -0.4 is 10.1 Å². The third-order valence-electron chi connectivity index (χ3n) is 6.03. The zero-order valence-electron chi connectivity index (χ0n) is 21.0. The van der Waals surface area contributed by atoms with Crippen molar-refractivity contribution in [2.24, 2.45) is 0 Å². The Bertz CT molecular complexity index is 1390. The van der Waals surface area contributed by atoms with Gasteiger partial charge in [0.1, 0.15) is 18.1 Å². The highest BCUT2D eigenvalue weighted by Gasteiger charge is 2.19. The summed E-state index contributed by atoms with van der Waals surface area (Å²) in [5.74, 6) is 1.42. The lowest BCUT2D eigenvalue weighted by atomic mass is 10.0. The van der Waals surface area contributed by atoms with E-state index in [-0.39, 0.29) is 24.2 Å². The predicted octanol–water partition coefficient (Wildman–Crippen LogP) is 7.71. The summed E-state index contributed by atoms with van der Waals surface area (Å²) in [7, 11) is 0. The number of nitrogens with one attached hydrogen (secondary N) is 1. The molecule has 0 aliphatic carbocycles. The summed E-state index contributed by atoms with van der Waals surface area (Å²) in [6.45, 7) is 10.7. The number of halogens is 2. The summed E-state index contributed by atoms with van der Waals surface area (Å²) in [6, 6.07) is 14.9. The Morgan fingerprint density at radius 1 is 1.08 bits per heavy atom. The lowest BCUT2D eigenvalue weighted by molar-refractivity contribution is 0.0992. The molecule has 6 nitrogen and oxygen atoms in total. The number of amides is 1. The third-order valence-corrected chi connectivity index (χ3v) is 6.69. The Kier molecular flexibility index (Phi) is 7.76. The highest BCUT2D eigenvalue weighted by molar-refractivity contribution is 6.31. The summed E-state index contributed by atoms with van der Waals surface area (Å²) in [5, 5.41) is 8.93. The van der Waals surface area contributed by atoms with Crippen molar-refractivity contribution in [2.75, 3.05) is 5.32 Å². The number of hydrogen-bond acceptors (Lipinski definition) is 4. The molecular formula is C28H29Cl2N3O3. The Balaban J connectivity index is 1.43. The van der Waals surface area contributed by atoms with Gasteiger partial charge in [0.2, 0.25) is 0 Å². The van der Waals surface area contributed by atoms with Crippen molar-refractivity contribution in [2.45, 2.75) is 53.7 Å². The van der Waals surface area contributed by atoms with Gasteiger partial charge < -0.3 is 14.5 Å². The number of benzene rings is 2. The van der Waals surface area contributed by atoms with Gasteiger partial charge in [-0.3, -0.25) is 9.48 Å². The number of anilines is 1. The van der Waals surface area contributed by atoms with E-state index >= 15 is 0 Å². The Morgan fingerprint density at radius 2 is 1.81 bits per heavy atom. The van der Waals surface area contributed by atoms with E-state index in [4.69, 9.17) is 32.4 Å². The van der Waals surface area contributed by atoms with Crippen LogP contribution in [0.5, 0.6) is 5.75 Å². The molecule has 0 aliphatic rings. The molecule has 4 rings (SSSR count). The fourth-order valence-electron chi connectivity index (χ4n) is 3.94. The van der Waals surface area contributed by atoms with Gasteiger partial charge in [0.05, 0.1) is 23.6 Å². The van der Waals surface area contributed by atoms with Crippen LogP contribution >= 0.6 is 23.2 Å². The molecule has 1 N–H and O–H groups in total. The fraction of sp³-hybridized carbons (Fsp3) is 0.286. The molecule has 36 heavy (non-hydrogen) atoms. The third kappa shape index (κ3) is 5.77. The largest absolute Gasteiger partial charge is 0.485 e. The average molecular weight is 526 g/mol. The van der Waals surface area contributed by atoms with E-state index < -0.39 is 0 Å². The fourth-order valence-corrected chi connectivity index (χ4v) is 4.24. The maximum absolute atomic E-state index is 12.9. The van der Waals surface area contributed by atoms with Crippen LogP contribution in [0.25, 0.3) is 0 Å². The first-order valence-corrected chi connectivity index (χ1v) is 12.5. The molecule has 2 aromatic carbocycles. The van der Waals surface area contributed by atoms with E-state index in [1.807, 2.05) is 61.9 Å². The second-order valence-corrected chi connectivity index (χ2v) is 9.98. The van der Waals surface area contributed by atoms with Crippen LogP contribution in [-0.2, 0) is 13.2 Å². The number of carbonyl (C=O) groups is 1. The van der Waals surface area contributed by atoms with Gasteiger partial charge in [0, 0.05) is 10.0 Å². The van der Waals surface area contributed by atoms with Crippen LogP contribution in [0.1, 0.15) is 64.2 Å². The lowest BCUT2D eigenvalue weighted by Crippen LogP contribution is -2.12. The molecule has 188 valence electrons. The lowest BCUT2D eigenvalue weighted by Gasteiger charge is -2.15. The summed E-state index contributed by atoms with van der Waals surface area (Å²) in [4.78, 5) is 12.9. The summed E-state index contributed by atoms with van der Waals surface area (Å²) in [6.07, 6.45) is 0. The topological polar surface area (TPSA) is 69.3 Å². The number of furan rings is 1. The molecule has 0 bridgehead atoms. The molecule has 0 fully saturated rings. The number of aryl methyl sites for hydroxylation is 2. The smallest absolute Gasteiger partial charge is 0.291 e. The van der Waals surface area contributed by atoms with E-state index in [2.05, 4.69) is 24.3 Å². The number of nitrogens with zero attached hydrogens (tertiary/aromatic N) is 2. The van der Waals surface area contributed by atoms with E-state index in [9.17, 15) is 4.79 Å². The highest BCUT2D eigenvalue weighted by Crippen LogP contribution is 2.32. The van der Waals surface area contributed by atoms with Gasteiger partial charge in [-0.25, -0.2) is 0 Å². The number of carbonyl (C=O) groups excluding carboxylic acids is 1. The number of ether oxygens (including phenoxy) is 1. The minimum absolute atomic E-state index is 0.200. The first-order valence-electron chi connectivity index (χ1n) is 11.7. The summed E-state index contributed by atoms with van der Waals surface area (Å²) < 4.78 is 13.7. The van der Waals surface area contributed by atoms with E-state index in [1.54, 1.807) is 12.1 Å². The van der Waals surface area contributed by atoms with Crippen molar-refractivity contribution in [3.63, 3.8) is 0 Å². The maximum Gasteiger partial charge on any atom is 0.291 e. The first-order chi connectivity index (χ1) is 17.1. The van der Waals surface area contributed by atoms with Gasteiger partial charge >= 0.3 is 0 Å². The second-order valence-electron chi connectivity index (χ2n) is 9.13. The van der Waals surface area contributed by atoms with Crippen LogP contribution in [-0.4, -0.2) is 15.7 Å². The standard InChI is InChI=1S/C28H29Cl2N3O3/c1-16(2)23-13-24(30)17(3)12-26(23)35-15-22-10-11-25(36-22)28(34)31-27-18(4)32-33(19(27)5)14-20-6-8-21(29)9-7-20/h6-13,16H,14-15H2,1-5H3,(H,31,34). The van der Waals surface area contributed by atoms with Crippen molar-refractivity contribution < 1.29 is 13.9 Å². The molecular weight excluding hydrogens is 497 g/mol. The zero-order valence-corrected chi connectivity index (χ0v) is 22.5. The molecule has 2 aromatic heterocycles. The molecule has 0 atom stereocenters. The van der Waals surface area contributed by atoms with E-state index in [0.717, 1.165) is 33.8 Å². The normalized spacial score (nSPS) is 11.2. The Morgan fingerprint density at radius 3 is 2.50 bits per heavy atom. The molecule has 0 aliphatic heterocycles.